The Morgan fingerprint density at radius 1 is 1.70 bits per heavy atom. The Morgan fingerprint density at radius 2 is 2.60 bits per heavy atom. The lowest BCUT2D eigenvalue weighted by Crippen LogP contribution is -1.96. The Balaban J connectivity index is 2.43. The SMILES string of the molecule is CCCOc1ccn[c]n1. The molecule has 3 heteroatoms. The summed E-state index contributed by atoms with van der Waals surface area (Å²) in [5.41, 5.74) is 0. The number of rotatable bonds is 3. The van der Waals surface area contributed by atoms with Crippen LogP contribution in [-0.2, 0) is 0 Å². The van der Waals surface area contributed by atoms with Crippen LogP contribution < -0.4 is 4.74 Å². The summed E-state index contributed by atoms with van der Waals surface area (Å²) in [6.07, 6.45) is 5.04. The topological polar surface area (TPSA) is 35.0 Å². The monoisotopic (exact) mass is 137 g/mol. The van der Waals surface area contributed by atoms with E-state index >= 15 is 0 Å². The van der Waals surface area contributed by atoms with Crippen molar-refractivity contribution in [2.75, 3.05) is 6.61 Å². The van der Waals surface area contributed by atoms with Gasteiger partial charge in [-0.25, -0.2) is 4.98 Å². The van der Waals surface area contributed by atoms with Crippen molar-refractivity contribution in [1.29, 1.82) is 0 Å². The first-order chi connectivity index (χ1) is 4.93. The highest BCUT2D eigenvalue weighted by Gasteiger charge is 1.89. The van der Waals surface area contributed by atoms with E-state index in [2.05, 4.69) is 16.3 Å². The zero-order valence-electron chi connectivity index (χ0n) is 5.87. The fourth-order valence-corrected chi connectivity index (χ4v) is 0.537. The minimum absolute atomic E-state index is 0.594. The summed E-state index contributed by atoms with van der Waals surface area (Å²) in [5, 5.41) is 0. The average Bonchev–Trinajstić information content (AvgIpc) is 2.03. The van der Waals surface area contributed by atoms with Gasteiger partial charge in [0.1, 0.15) is 0 Å². The van der Waals surface area contributed by atoms with Gasteiger partial charge in [-0.15, -0.1) is 0 Å². The van der Waals surface area contributed by atoms with Gasteiger partial charge in [0.15, 0.2) is 0 Å². The van der Waals surface area contributed by atoms with Gasteiger partial charge in [-0.2, -0.15) is 4.98 Å². The predicted molar refractivity (Wildman–Crippen MR) is 36.7 cm³/mol. The molecular weight excluding hydrogens is 128 g/mol. The van der Waals surface area contributed by atoms with Gasteiger partial charge < -0.3 is 4.74 Å². The third-order valence-electron chi connectivity index (χ3n) is 0.964. The Labute approximate surface area is 60.1 Å². The zero-order valence-corrected chi connectivity index (χ0v) is 5.87. The fourth-order valence-electron chi connectivity index (χ4n) is 0.537. The minimum Gasteiger partial charge on any atom is -0.478 e. The lowest BCUT2D eigenvalue weighted by molar-refractivity contribution is 0.304. The molecule has 1 rings (SSSR count). The largest absolute Gasteiger partial charge is 0.478 e. The van der Waals surface area contributed by atoms with Crippen LogP contribution in [0.15, 0.2) is 12.3 Å². The third kappa shape index (κ3) is 2.01. The lowest BCUT2D eigenvalue weighted by atomic mass is 10.5. The van der Waals surface area contributed by atoms with E-state index in [9.17, 15) is 0 Å². The molecule has 0 saturated carbocycles. The molecule has 1 aromatic rings. The van der Waals surface area contributed by atoms with Gasteiger partial charge in [0.2, 0.25) is 12.2 Å². The maximum atomic E-state index is 5.17. The molecule has 0 spiro atoms. The summed E-state index contributed by atoms with van der Waals surface area (Å²) < 4.78 is 5.17. The number of nitrogens with zero attached hydrogens (tertiary/aromatic N) is 2. The van der Waals surface area contributed by atoms with E-state index in [1.165, 1.54) is 0 Å². The van der Waals surface area contributed by atoms with E-state index in [4.69, 9.17) is 4.74 Å². The molecule has 0 N–H and O–H groups in total. The highest BCUT2D eigenvalue weighted by atomic mass is 16.5. The second kappa shape index (κ2) is 3.82. The molecule has 53 valence electrons. The minimum atomic E-state index is 0.594. The zero-order chi connectivity index (χ0) is 7.23. The summed E-state index contributed by atoms with van der Waals surface area (Å²) in [4.78, 5) is 7.40. The maximum absolute atomic E-state index is 5.17. The summed E-state index contributed by atoms with van der Waals surface area (Å²) in [6, 6.07) is 1.71. The molecule has 3 nitrogen and oxygen atoms in total. The van der Waals surface area contributed by atoms with Crippen LogP contribution in [0.2, 0.25) is 0 Å². The number of hydrogen-bond acceptors (Lipinski definition) is 3. The summed E-state index contributed by atoms with van der Waals surface area (Å²) >= 11 is 0. The molecule has 0 aliphatic carbocycles. The lowest BCUT2D eigenvalue weighted by Gasteiger charge is -1.99. The fraction of sp³-hybridized carbons (Fsp3) is 0.429. The standard InChI is InChI=1S/C7H9N2O/c1-2-5-10-7-3-4-8-6-9-7/h3-4H,2,5H2,1H3. The molecule has 0 atom stereocenters. The van der Waals surface area contributed by atoms with Crippen LogP contribution in [0.5, 0.6) is 5.88 Å². The molecule has 1 heterocycles. The van der Waals surface area contributed by atoms with Crippen LogP contribution in [0, 0.1) is 6.33 Å². The van der Waals surface area contributed by atoms with Crippen molar-refractivity contribution in [3.05, 3.63) is 18.6 Å². The van der Waals surface area contributed by atoms with Crippen molar-refractivity contribution in [2.24, 2.45) is 0 Å². The Bertz CT molecular complexity index is 176. The van der Waals surface area contributed by atoms with E-state index < -0.39 is 0 Å². The van der Waals surface area contributed by atoms with Crippen molar-refractivity contribution in [2.45, 2.75) is 13.3 Å². The van der Waals surface area contributed by atoms with E-state index in [0.717, 1.165) is 6.42 Å². The van der Waals surface area contributed by atoms with Gasteiger partial charge in [-0.3, -0.25) is 0 Å². The Morgan fingerprint density at radius 3 is 3.20 bits per heavy atom. The van der Waals surface area contributed by atoms with E-state index in [1.54, 1.807) is 12.3 Å². The quantitative estimate of drug-likeness (QED) is 0.625. The van der Waals surface area contributed by atoms with Crippen LogP contribution in [0.25, 0.3) is 0 Å². The van der Waals surface area contributed by atoms with Crippen molar-refractivity contribution in [3.8, 4) is 5.88 Å². The van der Waals surface area contributed by atoms with E-state index in [-0.39, 0.29) is 0 Å². The van der Waals surface area contributed by atoms with Gasteiger partial charge in [-0.1, -0.05) is 6.92 Å². The first kappa shape index (κ1) is 6.99. The maximum Gasteiger partial charge on any atom is 0.216 e. The van der Waals surface area contributed by atoms with Crippen molar-refractivity contribution in [3.63, 3.8) is 0 Å². The molecule has 10 heavy (non-hydrogen) atoms. The summed E-state index contributed by atoms with van der Waals surface area (Å²) in [6.45, 7) is 2.75. The molecule has 0 aliphatic heterocycles. The third-order valence-corrected chi connectivity index (χ3v) is 0.964. The molecule has 1 radical (unpaired) electrons. The molecular formula is C7H9N2O. The first-order valence-corrected chi connectivity index (χ1v) is 3.25. The summed E-state index contributed by atoms with van der Waals surface area (Å²) in [5.74, 6) is 0.594. The second-order valence-electron chi connectivity index (χ2n) is 1.84. The van der Waals surface area contributed by atoms with Crippen LogP contribution in [0.4, 0.5) is 0 Å². The highest BCUT2D eigenvalue weighted by Crippen LogP contribution is 2.00. The van der Waals surface area contributed by atoms with Gasteiger partial charge in [0.05, 0.1) is 6.61 Å². The molecule has 0 aliphatic rings. The van der Waals surface area contributed by atoms with Crippen LogP contribution in [-0.4, -0.2) is 16.6 Å². The van der Waals surface area contributed by atoms with Crippen LogP contribution >= 0.6 is 0 Å². The van der Waals surface area contributed by atoms with Crippen molar-refractivity contribution >= 4 is 0 Å². The highest BCUT2D eigenvalue weighted by molar-refractivity contribution is 5.03. The Hall–Kier alpha value is -1.12. The van der Waals surface area contributed by atoms with Gasteiger partial charge in [0, 0.05) is 12.3 Å². The molecule has 0 amide bonds. The van der Waals surface area contributed by atoms with Crippen molar-refractivity contribution < 1.29 is 4.74 Å². The van der Waals surface area contributed by atoms with Crippen molar-refractivity contribution in [1.82, 2.24) is 9.97 Å². The van der Waals surface area contributed by atoms with Gasteiger partial charge in [-0.05, 0) is 6.42 Å². The predicted octanol–water partition coefficient (Wildman–Crippen LogP) is 1.07. The smallest absolute Gasteiger partial charge is 0.216 e. The molecule has 0 bridgehead atoms. The van der Waals surface area contributed by atoms with Crippen LogP contribution in [0.1, 0.15) is 13.3 Å². The molecule has 0 unspecified atom stereocenters. The first-order valence-electron chi connectivity index (χ1n) is 3.25. The normalized spacial score (nSPS) is 9.30. The average molecular weight is 137 g/mol. The molecule has 1 aromatic heterocycles. The Kier molecular flexibility index (Phi) is 2.67. The molecule has 0 aromatic carbocycles. The van der Waals surface area contributed by atoms with E-state index in [1.807, 2.05) is 6.92 Å². The number of ether oxygens (including phenoxy) is 1. The number of hydrogen-bond donors (Lipinski definition) is 0. The van der Waals surface area contributed by atoms with Gasteiger partial charge >= 0.3 is 0 Å². The van der Waals surface area contributed by atoms with Gasteiger partial charge in [0.25, 0.3) is 0 Å². The summed E-state index contributed by atoms with van der Waals surface area (Å²) in [7, 11) is 0. The van der Waals surface area contributed by atoms with Crippen LogP contribution in [0.3, 0.4) is 0 Å². The molecule has 0 saturated heterocycles. The number of aromatic nitrogens is 2. The molecule has 0 fully saturated rings. The van der Waals surface area contributed by atoms with E-state index in [0.29, 0.717) is 12.5 Å². The second-order valence-corrected chi connectivity index (χ2v) is 1.84.